The van der Waals surface area contributed by atoms with E-state index in [1.165, 1.54) is 6.92 Å². The second-order valence-corrected chi connectivity index (χ2v) is 6.00. The zero-order valence-electron chi connectivity index (χ0n) is 12.2. The van der Waals surface area contributed by atoms with E-state index in [1.54, 1.807) is 12.1 Å². The van der Waals surface area contributed by atoms with Crippen LogP contribution in [-0.4, -0.2) is 17.9 Å². The second kappa shape index (κ2) is 7.46. The van der Waals surface area contributed by atoms with Crippen molar-refractivity contribution < 1.29 is 9.59 Å². The van der Waals surface area contributed by atoms with Gasteiger partial charge in [0.25, 0.3) is 0 Å². The Morgan fingerprint density at radius 2 is 1.86 bits per heavy atom. The zero-order valence-corrected chi connectivity index (χ0v) is 13.0. The van der Waals surface area contributed by atoms with Gasteiger partial charge in [0.1, 0.15) is 6.04 Å². The third kappa shape index (κ3) is 4.74. The van der Waals surface area contributed by atoms with Crippen molar-refractivity contribution >= 4 is 23.4 Å². The van der Waals surface area contributed by atoms with Gasteiger partial charge in [-0.2, -0.15) is 0 Å². The van der Waals surface area contributed by atoms with E-state index in [4.69, 9.17) is 11.6 Å². The molecule has 1 aromatic rings. The fourth-order valence-corrected chi connectivity index (χ4v) is 2.93. The lowest BCUT2D eigenvalue weighted by atomic mass is 9.97. The van der Waals surface area contributed by atoms with Crippen LogP contribution in [0.15, 0.2) is 24.3 Å². The Labute approximate surface area is 130 Å². The summed E-state index contributed by atoms with van der Waals surface area (Å²) in [6, 6.07) is 6.94. The molecule has 1 aromatic carbocycles. The van der Waals surface area contributed by atoms with Crippen LogP contribution in [0.3, 0.4) is 0 Å². The van der Waals surface area contributed by atoms with Crippen LogP contribution in [0, 0.1) is 5.92 Å². The summed E-state index contributed by atoms with van der Waals surface area (Å²) in [6.45, 7) is 1.90. The van der Waals surface area contributed by atoms with Crippen LogP contribution in [0.2, 0.25) is 5.02 Å². The van der Waals surface area contributed by atoms with E-state index >= 15 is 0 Å². The highest BCUT2D eigenvalue weighted by atomic mass is 35.5. The van der Waals surface area contributed by atoms with Gasteiger partial charge in [0, 0.05) is 18.5 Å². The highest BCUT2D eigenvalue weighted by molar-refractivity contribution is 6.30. The maximum atomic E-state index is 12.4. The fraction of sp³-hybridized carbons (Fsp3) is 0.500. The van der Waals surface area contributed by atoms with Crippen LogP contribution in [0.1, 0.15) is 38.2 Å². The van der Waals surface area contributed by atoms with E-state index in [9.17, 15) is 9.59 Å². The molecule has 2 N–H and O–H groups in total. The normalized spacial score (nSPS) is 16.5. The lowest BCUT2D eigenvalue weighted by Crippen LogP contribution is -2.49. The summed E-state index contributed by atoms with van der Waals surface area (Å²) in [5, 5.41) is 6.37. The number of halogens is 1. The molecule has 114 valence electrons. The van der Waals surface area contributed by atoms with Crippen molar-refractivity contribution in [2.75, 3.05) is 0 Å². The van der Waals surface area contributed by atoms with Gasteiger partial charge in [0.05, 0.1) is 0 Å². The van der Waals surface area contributed by atoms with Crippen molar-refractivity contribution in [3.63, 3.8) is 0 Å². The number of amides is 2. The first-order chi connectivity index (χ1) is 10.1. The predicted octanol–water partition coefficient (Wildman–Crippen LogP) is 2.65. The van der Waals surface area contributed by atoms with E-state index in [0.717, 1.165) is 31.2 Å². The molecule has 1 fully saturated rings. The van der Waals surface area contributed by atoms with Gasteiger partial charge >= 0.3 is 0 Å². The Morgan fingerprint density at radius 3 is 2.43 bits per heavy atom. The largest absolute Gasteiger partial charge is 0.350 e. The van der Waals surface area contributed by atoms with Crippen molar-refractivity contribution in [2.45, 2.75) is 45.2 Å². The molecule has 0 heterocycles. The standard InChI is InChI=1S/C16H21ClN2O2/c1-11(20)19-15(13-4-2-3-5-13)16(21)18-10-12-6-8-14(17)9-7-12/h6-9,13,15H,2-5,10H2,1H3,(H,18,21)(H,19,20)/t15-/m0/s1. The third-order valence-electron chi connectivity index (χ3n) is 3.89. The van der Waals surface area contributed by atoms with Gasteiger partial charge in [-0.15, -0.1) is 0 Å². The van der Waals surface area contributed by atoms with Gasteiger partial charge in [-0.3, -0.25) is 9.59 Å². The SMILES string of the molecule is CC(=O)N[C@H](C(=O)NCc1ccc(Cl)cc1)C1CCCC1. The number of rotatable bonds is 5. The molecule has 0 radical (unpaired) electrons. The maximum absolute atomic E-state index is 12.4. The minimum atomic E-state index is -0.419. The molecule has 0 aromatic heterocycles. The van der Waals surface area contributed by atoms with E-state index in [0.29, 0.717) is 11.6 Å². The van der Waals surface area contributed by atoms with Crippen LogP contribution in [0.25, 0.3) is 0 Å². The van der Waals surface area contributed by atoms with Crippen molar-refractivity contribution in [3.8, 4) is 0 Å². The number of hydrogen-bond donors (Lipinski definition) is 2. The Bertz CT molecular complexity index is 496. The minimum Gasteiger partial charge on any atom is -0.350 e. The summed E-state index contributed by atoms with van der Waals surface area (Å²) in [5.41, 5.74) is 0.987. The molecule has 0 spiro atoms. The molecule has 21 heavy (non-hydrogen) atoms. The predicted molar refractivity (Wildman–Crippen MR) is 82.9 cm³/mol. The highest BCUT2D eigenvalue weighted by Crippen LogP contribution is 2.28. The number of hydrogen-bond acceptors (Lipinski definition) is 2. The fourth-order valence-electron chi connectivity index (χ4n) is 2.81. The number of carbonyl (C=O) groups is 2. The topological polar surface area (TPSA) is 58.2 Å². The lowest BCUT2D eigenvalue weighted by Gasteiger charge is -2.23. The number of nitrogens with one attached hydrogen (secondary N) is 2. The monoisotopic (exact) mass is 308 g/mol. The van der Waals surface area contributed by atoms with Crippen molar-refractivity contribution in [2.24, 2.45) is 5.92 Å². The third-order valence-corrected chi connectivity index (χ3v) is 4.14. The summed E-state index contributed by atoms with van der Waals surface area (Å²) >= 11 is 5.83. The summed E-state index contributed by atoms with van der Waals surface area (Å²) in [6.07, 6.45) is 4.26. The lowest BCUT2D eigenvalue weighted by molar-refractivity contribution is -0.129. The molecule has 0 aliphatic heterocycles. The first-order valence-electron chi connectivity index (χ1n) is 7.35. The van der Waals surface area contributed by atoms with Gasteiger partial charge in [-0.05, 0) is 36.5 Å². The Balaban J connectivity index is 1.94. The molecule has 4 nitrogen and oxygen atoms in total. The molecular formula is C16H21ClN2O2. The quantitative estimate of drug-likeness (QED) is 0.878. The van der Waals surface area contributed by atoms with Crippen LogP contribution in [-0.2, 0) is 16.1 Å². The first-order valence-corrected chi connectivity index (χ1v) is 7.73. The van der Waals surface area contributed by atoms with E-state index < -0.39 is 6.04 Å². The molecule has 2 rings (SSSR count). The van der Waals surface area contributed by atoms with Gasteiger partial charge in [-0.25, -0.2) is 0 Å². The molecule has 2 amide bonds. The average molecular weight is 309 g/mol. The van der Waals surface area contributed by atoms with E-state index in [2.05, 4.69) is 10.6 Å². The zero-order chi connectivity index (χ0) is 15.2. The Hall–Kier alpha value is -1.55. The number of benzene rings is 1. The van der Waals surface area contributed by atoms with E-state index in [1.807, 2.05) is 12.1 Å². The summed E-state index contributed by atoms with van der Waals surface area (Å²) < 4.78 is 0. The maximum Gasteiger partial charge on any atom is 0.243 e. The van der Waals surface area contributed by atoms with Gasteiger partial charge in [-0.1, -0.05) is 36.6 Å². The van der Waals surface area contributed by atoms with Gasteiger partial charge in [0.2, 0.25) is 11.8 Å². The Kier molecular flexibility index (Phi) is 5.62. The molecule has 5 heteroatoms. The van der Waals surface area contributed by atoms with E-state index in [-0.39, 0.29) is 17.7 Å². The molecule has 1 saturated carbocycles. The van der Waals surface area contributed by atoms with Crippen LogP contribution < -0.4 is 10.6 Å². The van der Waals surface area contributed by atoms with Crippen LogP contribution in [0.4, 0.5) is 0 Å². The molecule has 1 atom stereocenters. The average Bonchev–Trinajstić information content (AvgIpc) is 2.97. The van der Waals surface area contributed by atoms with Gasteiger partial charge in [0.15, 0.2) is 0 Å². The van der Waals surface area contributed by atoms with Crippen molar-refractivity contribution in [1.82, 2.24) is 10.6 Å². The second-order valence-electron chi connectivity index (χ2n) is 5.57. The molecule has 1 aliphatic carbocycles. The van der Waals surface area contributed by atoms with Crippen LogP contribution >= 0.6 is 11.6 Å². The van der Waals surface area contributed by atoms with Gasteiger partial charge < -0.3 is 10.6 Å². The summed E-state index contributed by atoms with van der Waals surface area (Å²) in [4.78, 5) is 23.7. The summed E-state index contributed by atoms with van der Waals surface area (Å²) in [5.74, 6) is -0.0142. The smallest absolute Gasteiger partial charge is 0.243 e. The van der Waals surface area contributed by atoms with Crippen LogP contribution in [0.5, 0.6) is 0 Å². The Morgan fingerprint density at radius 1 is 1.24 bits per heavy atom. The molecule has 0 unspecified atom stereocenters. The molecule has 1 aliphatic rings. The summed E-state index contributed by atoms with van der Waals surface area (Å²) in [7, 11) is 0. The number of carbonyl (C=O) groups excluding carboxylic acids is 2. The minimum absolute atomic E-state index is 0.105. The molecule has 0 saturated heterocycles. The molecular weight excluding hydrogens is 288 g/mol. The molecule has 0 bridgehead atoms. The highest BCUT2D eigenvalue weighted by Gasteiger charge is 2.31. The van der Waals surface area contributed by atoms with Crippen molar-refractivity contribution in [3.05, 3.63) is 34.9 Å². The first kappa shape index (κ1) is 15.8. The van der Waals surface area contributed by atoms with Crippen molar-refractivity contribution in [1.29, 1.82) is 0 Å².